The monoisotopic (exact) mass is 665 g/mol. The second kappa shape index (κ2) is 13.7. The molecule has 4 aromatic rings. The number of fused-ring (bicyclic) bond motifs is 1. The minimum Gasteiger partial charge on any atom is -0.392 e. The highest BCUT2D eigenvalue weighted by Crippen LogP contribution is 2.35. The molecule has 45 heavy (non-hydrogen) atoms. The summed E-state index contributed by atoms with van der Waals surface area (Å²) in [5, 5.41) is 30.7. The van der Waals surface area contributed by atoms with Gasteiger partial charge in [-0.3, -0.25) is 9.59 Å². The molecule has 2 atom stereocenters. The molecule has 9 nitrogen and oxygen atoms in total. The molecule has 0 saturated carbocycles. The molecule has 4 N–H and O–H groups in total. The van der Waals surface area contributed by atoms with Crippen molar-refractivity contribution in [2.45, 2.75) is 38.7 Å². The molecule has 3 aromatic carbocycles. The number of likely N-dealkylation sites (N-methyl/N-ethyl adjacent to an activating group) is 1. The van der Waals surface area contributed by atoms with E-state index >= 15 is 0 Å². The highest BCUT2D eigenvalue weighted by atomic mass is 35.5. The molecule has 0 aliphatic rings. The van der Waals surface area contributed by atoms with Gasteiger partial charge >= 0.3 is 6.18 Å². The largest absolute Gasteiger partial charge is 0.420 e. The van der Waals surface area contributed by atoms with Crippen LogP contribution in [0.15, 0.2) is 60.8 Å². The van der Waals surface area contributed by atoms with Crippen molar-refractivity contribution in [2.75, 3.05) is 31.5 Å². The van der Waals surface area contributed by atoms with Crippen LogP contribution in [0.4, 0.5) is 18.9 Å². The number of aliphatic hydroxyl groups excluding tert-OH is 1. The summed E-state index contributed by atoms with van der Waals surface area (Å²) in [5.74, 6) is -1.24. The van der Waals surface area contributed by atoms with Crippen LogP contribution in [0.2, 0.25) is 10.0 Å². The second-order valence-electron chi connectivity index (χ2n) is 10.7. The van der Waals surface area contributed by atoms with Crippen molar-refractivity contribution in [1.29, 1.82) is 0 Å². The lowest BCUT2D eigenvalue weighted by atomic mass is 10.0. The van der Waals surface area contributed by atoms with Crippen molar-refractivity contribution in [2.24, 2.45) is 0 Å². The quantitative estimate of drug-likeness (QED) is 0.165. The summed E-state index contributed by atoms with van der Waals surface area (Å²) >= 11 is 12.3. The zero-order valence-electron chi connectivity index (χ0n) is 24.6. The molecule has 0 aliphatic carbocycles. The summed E-state index contributed by atoms with van der Waals surface area (Å²) in [5.41, 5.74) is -1.17. The molecule has 0 spiro atoms. The molecule has 2 amide bonds. The van der Waals surface area contributed by atoms with Gasteiger partial charge in [0.25, 0.3) is 11.8 Å². The number of aromatic nitrogens is 2. The van der Waals surface area contributed by atoms with Gasteiger partial charge in [-0.2, -0.15) is 18.3 Å². The van der Waals surface area contributed by atoms with Crippen LogP contribution < -0.4 is 10.6 Å². The van der Waals surface area contributed by atoms with Gasteiger partial charge in [0.05, 0.1) is 52.2 Å². The molecule has 14 heteroatoms. The number of carbonyl (C=O) groups excluding carboxylic acids is 2. The third kappa shape index (κ3) is 7.52. The predicted octanol–water partition coefficient (Wildman–Crippen LogP) is 5.62. The van der Waals surface area contributed by atoms with Crippen LogP contribution in [0.1, 0.15) is 40.1 Å². The number of amides is 2. The Balaban J connectivity index is 1.63. The summed E-state index contributed by atoms with van der Waals surface area (Å²) in [7, 11) is 0. The number of aryl methyl sites for hydroxylation is 1. The zero-order valence-corrected chi connectivity index (χ0v) is 26.1. The summed E-state index contributed by atoms with van der Waals surface area (Å²) in [6.45, 7) is 2.63. The van der Waals surface area contributed by atoms with E-state index in [1.165, 1.54) is 31.3 Å². The Morgan fingerprint density at radius 1 is 1.09 bits per heavy atom. The van der Waals surface area contributed by atoms with Crippen LogP contribution in [0, 0.1) is 6.92 Å². The molecule has 1 heterocycles. The smallest absolute Gasteiger partial charge is 0.392 e. The van der Waals surface area contributed by atoms with E-state index in [-0.39, 0.29) is 34.4 Å². The van der Waals surface area contributed by atoms with Gasteiger partial charge in [-0.15, -0.1) is 0 Å². The number of nitrogens with zero attached hydrogens (tertiary/aromatic N) is 3. The minimum absolute atomic E-state index is 0.0234. The zero-order chi connectivity index (χ0) is 33.1. The van der Waals surface area contributed by atoms with Crippen LogP contribution in [0.3, 0.4) is 0 Å². The normalized spacial score (nSPS) is 13.7. The van der Waals surface area contributed by atoms with E-state index in [0.717, 1.165) is 4.90 Å². The van der Waals surface area contributed by atoms with Crippen LogP contribution in [0.25, 0.3) is 16.6 Å². The Labute approximate surface area is 267 Å². The summed E-state index contributed by atoms with van der Waals surface area (Å²) < 4.78 is 44.8. The average molecular weight is 667 g/mol. The highest BCUT2D eigenvalue weighted by Gasteiger charge is 2.55. The van der Waals surface area contributed by atoms with E-state index < -0.39 is 42.8 Å². The lowest BCUT2D eigenvalue weighted by Crippen LogP contribution is -2.58. The lowest BCUT2D eigenvalue weighted by Gasteiger charge is -2.36. The van der Waals surface area contributed by atoms with Crippen molar-refractivity contribution < 1.29 is 33.0 Å². The van der Waals surface area contributed by atoms with E-state index in [2.05, 4.69) is 15.7 Å². The first kappa shape index (κ1) is 34.0. The Morgan fingerprint density at radius 2 is 1.76 bits per heavy atom. The molecular formula is C31H32Cl2F3N5O4. The van der Waals surface area contributed by atoms with E-state index in [1.807, 2.05) is 0 Å². The molecule has 0 fully saturated rings. The molecule has 1 aromatic heterocycles. The van der Waals surface area contributed by atoms with E-state index in [0.29, 0.717) is 27.7 Å². The summed E-state index contributed by atoms with van der Waals surface area (Å²) in [6, 6.07) is 14.3. The Morgan fingerprint density at radius 3 is 2.38 bits per heavy atom. The maximum Gasteiger partial charge on any atom is 0.420 e. The van der Waals surface area contributed by atoms with Gasteiger partial charge in [-0.25, -0.2) is 4.68 Å². The third-order valence-electron chi connectivity index (χ3n) is 7.14. The molecular weight excluding hydrogens is 634 g/mol. The van der Waals surface area contributed by atoms with Crippen LogP contribution in [-0.4, -0.2) is 80.8 Å². The molecule has 0 bridgehead atoms. The van der Waals surface area contributed by atoms with Crippen molar-refractivity contribution in [3.05, 3.63) is 87.5 Å². The molecule has 4 rings (SSSR count). The number of anilines is 1. The van der Waals surface area contributed by atoms with Gasteiger partial charge in [0.15, 0.2) is 5.60 Å². The van der Waals surface area contributed by atoms with Gasteiger partial charge in [-0.1, -0.05) is 35.3 Å². The van der Waals surface area contributed by atoms with Gasteiger partial charge in [0.1, 0.15) is 0 Å². The fourth-order valence-corrected chi connectivity index (χ4v) is 5.29. The molecule has 240 valence electrons. The molecule has 0 radical (unpaired) electrons. The topological polar surface area (TPSA) is 120 Å². The van der Waals surface area contributed by atoms with Gasteiger partial charge in [0.2, 0.25) is 0 Å². The predicted molar refractivity (Wildman–Crippen MR) is 167 cm³/mol. The molecule has 0 saturated heterocycles. The standard InChI is InChI=1S/C31H32Cl2F3N5O4/c1-4-40(29(44)27-23(32)9-6-10-24(27)33)17-30(45,31(34,35)36)16-38-25-11-18(2)12-26-22(25)15-39-41(26)21-8-5-7-20(13-21)28(43)37-14-19(3)42/h5-13,15,19,38,42,45H,4,14,16-17H2,1-3H3,(H,37,43)/t19-,30?/m1/s1. The van der Waals surface area contributed by atoms with Crippen LogP contribution >= 0.6 is 23.2 Å². The number of carbonyl (C=O) groups is 2. The Bertz CT molecular complexity index is 1690. The lowest BCUT2D eigenvalue weighted by molar-refractivity contribution is -0.257. The SMILES string of the molecule is CCN(CC(O)(CNc1cc(C)cc2c1cnn2-c1cccc(C(=O)NC[C@@H](C)O)c1)C(F)(F)F)C(=O)c1c(Cl)cccc1Cl. The Kier molecular flexibility index (Phi) is 10.3. The summed E-state index contributed by atoms with van der Waals surface area (Å²) in [6.07, 6.45) is -4.38. The number of alkyl halides is 3. The third-order valence-corrected chi connectivity index (χ3v) is 7.77. The maximum atomic E-state index is 14.4. The fraction of sp³-hybridized carbons (Fsp3) is 0.323. The van der Waals surface area contributed by atoms with Gasteiger partial charge < -0.3 is 25.7 Å². The first-order valence-corrected chi connectivity index (χ1v) is 14.7. The molecule has 1 unspecified atom stereocenters. The number of halogens is 5. The van der Waals surface area contributed by atoms with Gasteiger partial charge in [-0.05, 0) is 68.8 Å². The molecule has 0 aliphatic heterocycles. The fourth-order valence-electron chi connectivity index (χ4n) is 4.73. The van der Waals surface area contributed by atoms with Crippen molar-refractivity contribution in [3.8, 4) is 5.69 Å². The Hall–Kier alpha value is -3.84. The van der Waals surface area contributed by atoms with Crippen molar-refractivity contribution in [3.63, 3.8) is 0 Å². The number of nitrogens with one attached hydrogen (secondary N) is 2. The first-order chi connectivity index (χ1) is 21.1. The number of aliphatic hydroxyl groups is 2. The maximum absolute atomic E-state index is 14.4. The summed E-state index contributed by atoms with van der Waals surface area (Å²) in [4.78, 5) is 26.6. The van der Waals surface area contributed by atoms with E-state index in [1.54, 1.807) is 54.9 Å². The number of hydrogen-bond acceptors (Lipinski definition) is 6. The average Bonchev–Trinajstić information content (AvgIpc) is 3.40. The van der Waals surface area contributed by atoms with Crippen molar-refractivity contribution >= 4 is 51.6 Å². The first-order valence-electron chi connectivity index (χ1n) is 14.0. The van der Waals surface area contributed by atoms with Crippen molar-refractivity contribution in [1.82, 2.24) is 20.0 Å². The van der Waals surface area contributed by atoms with Crippen LogP contribution in [0.5, 0.6) is 0 Å². The highest BCUT2D eigenvalue weighted by molar-refractivity contribution is 6.39. The number of benzene rings is 3. The van der Waals surface area contributed by atoms with Gasteiger partial charge in [0, 0.05) is 29.7 Å². The van der Waals surface area contributed by atoms with E-state index in [9.17, 15) is 33.0 Å². The number of rotatable bonds is 11. The number of hydrogen-bond donors (Lipinski definition) is 4. The van der Waals surface area contributed by atoms with Crippen LogP contribution in [-0.2, 0) is 0 Å². The second-order valence-corrected chi connectivity index (χ2v) is 11.5. The van der Waals surface area contributed by atoms with E-state index in [4.69, 9.17) is 23.2 Å². The minimum atomic E-state index is -5.13.